The first kappa shape index (κ1) is 21.0. The predicted molar refractivity (Wildman–Crippen MR) is 103 cm³/mol. The van der Waals surface area contributed by atoms with Gasteiger partial charge in [0.05, 0.1) is 13.7 Å². The van der Waals surface area contributed by atoms with Crippen molar-refractivity contribution in [3.8, 4) is 5.75 Å². The third-order valence-electron chi connectivity index (χ3n) is 4.28. The monoisotopic (exact) mass is 335 g/mol. The second kappa shape index (κ2) is 15.5. The van der Waals surface area contributed by atoms with E-state index in [1.165, 1.54) is 63.4 Å². The van der Waals surface area contributed by atoms with Crippen LogP contribution in [0.3, 0.4) is 0 Å². The van der Waals surface area contributed by atoms with Crippen LogP contribution < -0.4 is 10.1 Å². The highest BCUT2D eigenvalue weighted by atomic mass is 16.5. The second-order valence-corrected chi connectivity index (χ2v) is 6.47. The Morgan fingerprint density at radius 1 is 0.875 bits per heavy atom. The van der Waals surface area contributed by atoms with Crippen LogP contribution >= 0.6 is 0 Å². The maximum Gasteiger partial charge on any atom is 0.119 e. The van der Waals surface area contributed by atoms with Gasteiger partial charge in [-0.05, 0) is 24.1 Å². The SMILES string of the molecule is CCCCCCCCCCCOCCNCc1cccc(OC)c1. The Labute approximate surface area is 149 Å². The molecule has 0 heterocycles. The van der Waals surface area contributed by atoms with Crippen molar-refractivity contribution in [3.63, 3.8) is 0 Å². The Balaban J connectivity index is 1.82. The summed E-state index contributed by atoms with van der Waals surface area (Å²) in [6.45, 7) is 5.72. The molecule has 0 bridgehead atoms. The fraction of sp³-hybridized carbons (Fsp3) is 0.714. The normalized spacial score (nSPS) is 10.9. The van der Waals surface area contributed by atoms with Crippen LogP contribution in [0.4, 0.5) is 0 Å². The molecule has 1 N–H and O–H groups in total. The van der Waals surface area contributed by atoms with E-state index in [-0.39, 0.29) is 0 Å². The molecule has 0 saturated carbocycles. The van der Waals surface area contributed by atoms with Gasteiger partial charge in [0.15, 0.2) is 0 Å². The Hall–Kier alpha value is -1.06. The molecule has 0 fully saturated rings. The van der Waals surface area contributed by atoms with E-state index in [0.717, 1.165) is 32.1 Å². The van der Waals surface area contributed by atoms with Gasteiger partial charge in [0.2, 0.25) is 0 Å². The molecular weight excluding hydrogens is 298 g/mol. The number of nitrogens with one attached hydrogen (secondary N) is 1. The minimum Gasteiger partial charge on any atom is -0.497 e. The number of ether oxygens (including phenoxy) is 2. The first-order valence-corrected chi connectivity index (χ1v) is 9.78. The van der Waals surface area contributed by atoms with E-state index >= 15 is 0 Å². The van der Waals surface area contributed by atoms with E-state index in [9.17, 15) is 0 Å². The van der Waals surface area contributed by atoms with Gasteiger partial charge in [0, 0.05) is 19.7 Å². The third kappa shape index (κ3) is 11.5. The zero-order valence-corrected chi connectivity index (χ0v) is 15.8. The summed E-state index contributed by atoms with van der Waals surface area (Å²) >= 11 is 0. The highest BCUT2D eigenvalue weighted by Crippen LogP contribution is 2.12. The standard InChI is InChI=1S/C21H37NO2/c1-3-4-5-6-7-8-9-10-11-16-24-17-15-22-19-20-13-12-14-21(18-20)23-2/h12-14,18,22H,3-11,15-17,19H2,1-2H3. The van der Waals surface area contributed by atoms with Gasteiger partial charge < -0.3 is 14.8 Å². The summed E-state index contributed by atoms with van der Waals surface area (Å²) in [4.78, 5) is 0. The van der Waals surface area contributed by atoms with Gasteiger partial charge in [-0.1, -0.05) is 70.4 Å². The Morgan fingerprint density at radius 3 is 2.29 bits per heavy atom. The van der Waals surface area contributed by atoms with E-state index in [2.05, 4.69) is 24.4 Å². The van der Waals surface area contributed by atoms with Crippen LogP contribution in [0, 0.1) is 0 Å². The second-order valence-electron chi connectivity index (χ2n) is 6.47. The first-order chi connectivity index (χ1) is 11.9. The van der Waals surface area contributed by atoms with Crippen molar-refractivity contribution in [1.29, 1.82) is 0 Å². The number of rotatable bonds is 16. The van der Waals surface area contributed by atoms with Crippen LogP contribution in [0.15, 0.2) is 24.3 Å². The van der Waals surface area contributed by atoms with Gasteiger partial charge in [0.1, 0.15) is 5.75 Å². The van der Waals surface area contributed by atoms with Crippen LogP contribution in [-0.2, 0) is 11.3 Å². The van der Waals surface area contributed by atoms with Gasteiger partial charge in [-0.25, -0.2) is 0 Å². The molecule has 3 heteroatoms. The molecule has 1 aromatic carbocycles. The number of hydrogen-bond donors (Lipinski definition) is 1. The lowest BCUT2D eigenvalue weighted by atomic mass is 10.1. The zero-order valence-electron chi connectivity index (χ0n) is 15.8. The molecule has 1 rings (SSSR count). The van der Waals surface area contributed by atoms with E-state index in [1.54, 1.807) is 7.11 Å². The van der Waals surface area contributed by atoms with Crippen molar-refractivity contribution in [2.75, 3.05) is 26.9 Å². The lowest BCUT2D eigenvalue weighted by molar-refractivity contribution is 0.131. The van der Waals surface area contributed by atoms with Crippen LogP contribution in [0.1, 0.15) is 70.3 Å². The molecule has 0 spiro atoms. The Bertz CT molecular complexity index is 395. The minimum absolute atomic E-state index is 0.793. The molecule has 0 amide bonds. The van der Waals surface area contributed by atoms with Crippen LogP contribution in [0.2, 0.25) is 0 Å². The molecule has 0 radical (unpaired) electrons. The number of benzene rings is 1. The fourth-order valence-electron chi connectivity index (χ4n) is 2.78. The molecular formula is C21H37NO2. The van der Waals surface area contributed by atoms with Crippen LogP contribution in [0.5, 0.6) is 5.75 Å². The van der Waals surface area contributed by atoms with E-state index in [4.69, 9.17) is 9.47 Å². The third-order valence-corrected chi connectivity index (χ3v) is 4.28. The van der Waals surface area contributed by atoms with Gasteiger partial charge in [-0.15, -0.1) is 0 Å². The summed E-state index contributed by atoms with van der Waals surface area (Å²) in [6, 6.07) is 8.17. The molecule has 0 saturated heterocycles. The minimum atomic E-state index is 0.793. The van der Waals surface area contributed by atoms with E-state index in [1.807, 2.05) is 12.1 Å². The van der Waals surface area contributed by atoms with E-state index in [0.29, 0.717) is 0 Å². The van der Waals surface area contributed by atoms with Crippen molar-refractivity contribution in [2.45, 2.75) is 71.3 Å². The van der Waals surface area contributed by atoms with E-state index < -0.39 is 0 Å². The maximum absolute atomic E-state index is 5.69. The van der Waals surface area contributed by atoms with Crippen molar-refractivity contribution >= 4 is 0 Å². The molecule has 0 aromatic heterocycles. The maximum atomic E-state index is 5.69. The lowest BCUT2D eigenvalue weighted by Gasteiger charge is -2.07. The highest BCUT2D eigenvalue weighted by Gasteiger charge is 1.96. The predicted octanol–water partition coefficient (Wildman–Crippen LogP) is 5.33. The average molecular weight is 336 g/mol. The molecule has 0 atom stereocenters. The summed E-state index contributed by atoms with van der Waals surface area (Å²) < 4.78 is 10.9. The molecule has 1 aromatic rings. The summed E-state index contributed by atoms with van der Waals surface area (Å²) in [6.07, 6.45) is 12.3. The number of hydrogen-bond acceptors (Lipinski definition) is 3. The summed E-state index contributed by atoms with van der Waals surface area (Å²) in [5.74, 6) is 0.913. The quantitative estimate of drug-likeness (QED) is 0.414. The van der Waals surface area contributed by atoms with Crippen molar-refractivity contribution < 1.29 is 9.47 Å². The lowest BCUT2D eigenvalue weighted by Crippen LogP contribution is -2.19. The summed E-state index contributed by atoms with van der Waals surface area (Å²) in [5, 5.41) is 3.41. The van der Waals surface area contributed by atoms with Gasteiger partial charge in [-0.3, -0.25) is 0 Å². The molecule has 24 heavy (non-hydrogen) atoms. The first-order valence-electron chi connectivity index (χ1n) is 9.78. The van der Waals surface area contributed by atoms with Gasteiger partial charge >= 0.3 is 0 Å². The fourth-order valence-corrected chi connectivity index (χ4v) is 2.78. The largest absolute Gasteiger partial charge is 0.497 e. The number of methoxy groups -OCH3 is 1. The molecule has 3 nitrogen and oxygen atoms in total. The summed E-state index contributed by atoms with van der Waals surface area (Å²) in [5.41, 5.74) is 1.24. The number of unbranched alkanes of at least 4 members (excludes halogenated alkanes) is 8. The molecule has 0 unspecified atom stereocenters. The summed E-state index contributed by atoms with van der Waals surface area (Å²) in [7, 11) is 1.70. The van der Waals surface area contributed by atoms with Gasteiger partial charge in [0.25, 0.3) is 0 Å². The van der Waals surface area contributed by atoms with Crippen molar-refractivity contribution in [2.24, 2.45) is 0 Å². The molecule has 0 aliphatic carbocycles. The van der Waals surface area contributed by atoms with Crippen molar-refractivity contribution in [1.82, 2.24) is 5.32 Å². The molecule has 0 aliphatic heterocycles. The Kier molecular flexibility index (Phi) is 13.5. The molecule has 0 aliphatic rings. The van der Waals surface area contributed by atoms with Crippen LogP contribution in [0.25, 0.3) is 0 Å². The Morgan fingerprint density at radius 2 is 1.58 bits per heavy atom. The highest BCUT2D eigenvalue weighted by molar-refractivity contribution is 5.28. The van der Waals surface area contributed by atoms with Crippen molar-refractivity contribution in [3.05, 3.63) is 29.8 Å². The van der Waals surface area contributed by atoms with Crippen LogP contribution in [-0.4, -0.2) is 26.9 Å². The average Bonchev–Trinajstić information content (AvgIpc) is 2.62. The zero-order chi connectivity index (χ0) is 17.3. The smallest absolute Gasteiger partial charge is 0.119 e. The molecule has 138 valence electrons. The topological polar surface area (TPSA) is 30.5 Å². The van der Waals surface area contributed by atoms with Gasteiger partial charge in [-0.2, -0.15) is 0 Å².